The van der Waals surface area contributed by atoms with Gasteiger partial charge in [-0.1, -0.05) is 0 Å². The van der Waals surface area contributed by atoms with Crippen molar-refractivity contribution in [1.29, 1.82) is 0 Å². The minimum atomic E-state index is -1.58. The lowest BCUT2D eigenvalue weighted by atomic mass is 9.93. The van der Waals surface area contributed by atoms with Crippen LogP contribution in [-0.4, -0.2) is 65.4 Å². The number of likely N-dealkylation sites (N-methyl/N-ethyl adjacent to an activating group) is 1. The van der Waals surface area contributed by atoms with Gasteiger partial charge in [0.15, 0.2) is 17.3 Å². The van der Waals surface area contributed by atoms with Gasteiger partial charge in [-0.2, -0.15) is 0 Å². The van der Waals surface area contributed by atoms with E-state index in [1.54, 1.807) is 31.5 Å². The van der Waals surface area contributed by atoms with E-state index in [1.165, 1.54) is 6.07 Å². The number of alkyl halides is 1. The number of halogens is 2. The van der Waals surface area contributed by atoms with Gasteiger partial charge >= 0.3 is 0 Å². The first-order chi connectivity index (χ1) is 16.4. The first-order valence-corrected chi connectivity index (χ1v) is 11.6. The second-order valence-corrected chi connectivity index (χ2v) is 9.02. The van der Waals surface area contributed by atoms with Gasteiger partial charge in [-0.3, -0.25) is 4.98 Å². The third-order valence-corrected chi connectivity index (χ3v) is 6.75. The minimum absolute atomic E-state index is 0.0534. The number of hydrogen-bond donors (Lipinski definition) is 1. The highest BCUT2D eigenvalue weighted by Gasteiger charge is 2.48. The number of rotatable bonds is 7. The summed E-state index contributed by atoms with van der Waals surface area (Å²) in [4.78, 5) is 21.5. The molecule has 3 aromatic rings. The van der Waals surface area contributed by atoms with E-state index in [4.69, 9.17) is 4.74 Å². The lowest BCUT2D eigenvalue weighted by molar-refractivity contribution is 0.301. The molecule has 1 saturated carbocycles. The molecular weight excluding hydrogens is 442 g/mol. The van der Waals surface area contributed by atoms with Gasteiger partial charge in [0.1, 0.15) is 17.0 Å². The summed E-state index contributed by atoms with van der Waals surface area (Å²) in [5.41, 5.74) is -0.00917. The predicted molar refractivity (Wildman–Crippen MR) is 125 cm³/mol. The molecule has 2 aliphatic rings. The average Bonchev–Trinajstić information content (AvgIpc) is 3.62. The number of piperidine rings is 1. The summed E-state index contributed by atoms with van der Waals surface area (Å²) in [6.07, 6.45) is 5.54. The highest BCUT2D eigenvalue weighted by Crippen LogP contribution is 2.49. The number of methoxy groups -OCH3 is 1. The maximum absolute atomic E-state index is 15.2. The van der Waals surface area contributed by atoms with Gasteiger partial charge in [0.05, 0.1) is 13.7 Å². The van der Waals surface area contributed by atoms with Crippen LogP contribution in [0.3, 0.4) is 0 Å². The van der Waals surface area contributed by atoms with E-state index in [-0.39, 0.29) is 23.9 Å². The molecule has 0 spiro atoms. The van der Waals surface area contributed by atoms with Crippen LogP contribution >= 0.6 is 0 Å². The van der Waals surface area contributed by atoms with Gasteiger partial charge in [0, 0.05) is 56.1 Å². The fraction of sp³-hybridized carbons (Fsp3) is 0.500. The zero-order valence-corrected chi connectivity index (χ0v) is 19.3. The lowest BCUT2D eigenvalue weighted by Gasteiger charge is -2.33. The topological polar surface area (TPSA) is 87.5 Å². The quantitative estimate of drug-likeness (QED) is 0.563. The number of ether oxygens (including phenoxy) is 1. The molecule has 1 N–H and O–H groups in total. The van der Waals surface area contributed by atoms with Crippen LogP contribution in [0.2, 0.25) is 0 Å². The number of aromatic nitrogens is 4. The van der Waals surface area contributed by atoms with Gasteiger partial charge in [-0.25, -0.2) is 23.7 Å². The molecule has 0 amide bonds. The summed E-state index contributed by atoms with van der Waals surface area (Å²) in [7, 11) is 3.37. The molecule has 1 aliphatic carbocycles. The van der Waals surface area contributed by atoms with Gasteiger partial charge in [0.25, 0.3) is 0 Å². The molecular formula is C24H28F2N6O2. The van der Waals surface area contributed by atoms with Crippen LogP contribution < -0.4 is 14.5 Å². The van der Waals surface area contributed by atoms with Gasteiger partial charge < -0.3 is 19.6 Å². The average molecular weight is 471 g/mol. The number of hydrogen-bond acceptors (Lipinski definition) is 8. The first-order valence-electron chi connectivity index (χ1n) is 11.6. The minimum Gasteiger partial charge on any atom is -0.480 e. The molecule has 3 heterocycles. The fourth-order valence-corrected chi connectivity index (χ4v) is 4.57. The number of anilines is 2. The summed E-state index contributed by atoms with van der Waals surface area (Å²) >= 11 is 0. The number of fused-ring (bicyclic) bond motifs is 1. The molecule has 0 atom stereocenters. The van der Waals surface area contributed by atoms with Crippen molar-refractivity contribution in [3.8, 4) is 5.88 Å². The van der Waals surface area contributed by atoms with Crippen molar-refractivity contribution in [2.75, 3.05) is 50.2 Å². The highest BCUT2D eigenvalue weighted by molar-refractivity contribution is 5.93. The lowest BCUT2D eigenvalue weighted by Crippen LogP contribution is -2.34. The van der Waals surface area contributed by atoms with Crippen LogP contribution in [0.1, 0.15) is 43.1 Å². The van der Waals surface area contributed by atoms with E-state index in [2.05, 4.69) is 24.8 Å². The standard InChI is InChI=1S/C24H28F2N6O2/c1-31(11-12-33)16-13-17-20(18(25)14-16)29-23(24(26)5-6-24)30-21(17)32-9-3-15(4-10-32)19-22(34-2)28-8-7-27-19/h7-8,13-15,33H,3-6,9-12H2,1-2H3. The molecule has 1 saturated heterocycles. The smallest absolute Gasteiger partial charge is 0.235 e. The Morgan fingerprint density at radius 3 is 2.59 bits per heavy atom. The summed E-state index contributed by atoms with van der Waals surface area (Å²) in [5.74, 6) is 0.786. The van der Waals surface area contributed by atoms with Crippen LogP contribution in [0.5, 0.6) is 5.88 Å². The Morgan fingerprint density at radius 2 is 1.91 bits per heavy atom. The Morgan fingerprint density at radius 1 is 1.18 bits per heavy atom. The van der Waals surface area contributed by atoms with Crippen molar-refractivity contribution >= 4 is 22.4 Å². The molecule has 10 heteroatoms. The molecule has 2 aromatic heterocycles. The van der Waals surface area contributed by atoms with Crippen molar-refractivity contribution in [2.24, 2.45) is 0 Å². The van der Waals surface area contributed by atoms with E-state index in [0.29, 0.717) is 55.2 Å². The normalized spacial score (nSPS) is 17.7. The summed E-state index contributed by atoms with van der Waals surface area (Å²) in [5, 5.41) is 9.84. The molecule has 2 fully saturated rings. The van der Waals surface area contributed by atoms with E-state index in [9.17, 15) is 9.50 Å². The zero-order valence-electron chi connectivity index (χ0n) is 19.3. The summed E-state index contributed by atoms with van der Waals surface area (Å²) in [6.45, 7) is 1.60. The van der Waals surface area contributed by atoms with Crippen molar-refractivity contribution in [3.05, 3.63) is 41.9 Å². The van der Waals surface area contributed by atoms with E-state index in [0.717, 1.165) is 18.5 Å². The second kappa shape index (κ2) is 8.90. The highest BCUT2D eigenvalue weighted by atomic mass is 19.1. The molecule has 1 aliphatic heterocycles. The fourth-order valence-electron chi connectivity index (χ4n) is 4.57. The number of nitrogens with zero attached hydrogens (tertiary/aromatic N) is 6. The largest absolute Gasteiger partial charge is 0.480 e. The van der Waals surface area contributed by atoms with Crippen molar-refractivity contribution < 1.29 is 18.6 Å². The molecule has 0 radical (unpaired) electrons. The predicted octanol–water partition coefficient (Wildman–Crippen LogP) is 3.34. The van der Waals surface area contributed by atoms with Crippen molar-refractivity contribution in [1.82, 2.24) is 19.9 Å². The number of benzene rings is 1. The van der Waals surface area contributed by atoms with Gasteiger partial charge in [-0.05, 0) is 37.8 Å². The molecule has 180 valence electrons. The van der Waals surface area contributed by atoms with Crippen LogP contribution in [0.15, 0.2) is 24.5 Å². The Labute approximate surface area is 196 Å². The molecule has 0 bridgehead atoms. The van der Waals surface area contributed by atoms with E-state index >= 15 is 4.39 Å². The molecule has 1 aromatic carbocycles. The molecule has 0 unspecified atom stereocenters. The maximum Gasteiger partial charge on any atom is 0.235 e. The summed E-state index contributed by atoms with van der Waals surface area (Å²) < 4.78 is 35.6. The second-order valence-electron chi connectivity index (χ2n) is 9.02. The summed E-state index contributed by atoms with van der Waals surface area (Å²) in [6, 6.07) is 3.20. The van der Waals surface area contributed by atoms with E-state index < -0.39 is 11.5 Å². The maximum atomic E-state index is 15.2. The number of aliphatic hydroxyl groups excluding tert-OH is 1. The first kappa shape index (κ1) is 22.6. The third kappa shape index (κ3) is 4.11. The van der Waals surface area contributed by atoms with Crippen molar-refractivity contribution in [3.63, 3.8) is 0 Å². The van der Waals surface area contributed by atoms with Crippen LogP contribution in [0.25, 0.3) is 10.9 Å². The monoisotopic (exact) mass is 470 g/mol. The van der Waals surface area contributed by atoms with Gasteiger partial charge in [0.2, 0.25) is 5.88 Å². The van der Waals surface area contributed by atoms with Crippen molar-refractivity contribution in [2.45, 2.75) is 37.3 Å². The molecule has 5 rings (SSSR count). The SMILES string of the molecule is COc1nccnc1C1CCN(c2nc(C3(F)CC3)nc3c(F)cc(N(C)CCO)cc23)CC1. The van der Waals surface area contributed by atoms with E-state index in [1.807, 2.05) is 6.07 Å². The molecule has 34 heavy (non-hydrogen) atoms. The van der Waals surface area contributed by atoms with Crippen LogP contribution in [0, 0.1) is 5.82 Å². The zero-order chi connectivity index (χ0) is 23.9. The Balaban J connectivity index is 1.51. The third-order valence-electron chi connectivity index (χ3n) is 6.75. The Hall–Kier alpha value is -3.14. The Bertz CT molecular complexity index is 1200. The van der Waals surface area contributed by atoms with Gasteiger partial charge in [-0.15, -0.1) is 0 Å². The molecule has 8 nitrogen and oxygen atoms in total. The number of aliphatic hydroxyl groups is 1. The van der Waals surface area contributed by atoms with Crippen LogP contribution in [-0.2, 0) is 5.67 Å². The van der Waals surface area contributed by atoms with Crippen LogP contribution in [0.4, 0.5) is 20.3 Å². The Kier molecular flexibility index (Phi) is 5.93.